The fourth-order valence-corrected chi connectivity index (χ4v) is 2.24. The van der Waals surface area contributed by atoms with E-state index in [1.54, 1.807) is 23.9 Å². The number of nitrogens with one attached hydrogen (secondary N) is 1. The summed E-state index contributed by atoms with van der Waals surface area (Å²) in [5, 5.41) is 2.56. The van der Waals surface area contributed by atoms with E-state index in [0.717, 1.165) is 19.6 Å². The molecule has 0 unspecified atom stereocenters. The van der Waals surface area contributed by atoms with E-state index in [4.69, 9.17) is 0 Å². The Balaban J connectivity index is 2.06. The van der Waals surface area contributed by atoms with Crippen LogP contribution >= 0.6 is 0 Å². The summed E-state index contributed by atoms with van der Waals surface area (Å²) in [6.07, 6.45) is 4.12. The average molecular weight is 249 g/mol. The lowest BCUT2D eigenvalue weighted by atomic mass is 10.2. The van der Waals surface area contributed by atoms with Crippen molar-refractivity contribution in [2.75, 3.05) is 26.7 Å². The van der Waals surface area contributed by atoms with Crippen LogP contribution in [-0.4, -0.2) is 42.1 Å². The molecule has 98 valence electrons. The highest BCUT2D eigenvalue weighted by Gasteiger charge is 2.11. The number of hydrogen-bond acceptors (Lipinski definition) is 3. The molecule has 18 heavy (non-hydrogen) atoms. The van der Waals surface area contributed by atoms with Crippen LogP contribution in [0.5, 0.6) is 0 Å². The molecule has 2 rings (SSSR count). The normalized spacial score (nSPS) is 15.8. The standard InChI is InChI=1S/C13H19N3O2/c1-14-13(18)11-4-5-12(17)16(10-11)9-8-15-6-2-3-7-15/h4-5,10H,2-3,6-9H2,1H3,(H,14,18). The van der Waals surface area contributed by atoms with Gasteiger partial charge in [0.1, 0.15) is 0 Å². The van der Waals surface area contributed by atoms with Crippen molar-refractivity contribution in [2.24, 2.45) is 0 Å². The van der Waals surface area contributed by atoms with E-state index in [0.29, 0.717) is 12.1 Å². The first-order valence-corrected chi connectivity index (χ1v) is 6.35. The summed E-state index contributed by atoms with van der Waals surface area (Å²) >= 11 is 0. The highest BCUT2D eigenvalue weighted by Crippen LogP contribution is 2.06. The second-order valence-corrected chi connectivity index (χ2v) is 4.58. The maximum absolute atomic E-state index is 11.7. The first-order chi connectivity index (χ1) is 8.70. The fourth-order valence-electron chi connectivity index (χ4n) is 2.24. The minimum Gasteiger partial charge on any atom is -0.355 e. The fraction of sp³-hybridized carbons (Fsp3) is 0.538. The van der Waals surface area contributed by atoms with E-state index in [9.17, 15) is 9.59 Å². The van der Waals surface area contributed by atoms with Crippen LogP contribution in [0.4, 0.5) is 0 Å². The lowest BCUT2D eigenvalue weighted by Gasteiger charge is -2.15. The molecule has 0 atom stereocenters. The first-order valence-electron chi connectivity index (χ1n) is 6.35. The summed E-state index contributed by atoms with van der Waals surface area (Å²) in [5.41, 5.74) is 0.473. The van der Waals surface area contributed by atoms with Crippen LogP contribution < -0.4 is 10.9 Å². The molecule has 0 aliphatic carbocycles. The van der Waals surface area contributed by atoms with Gasteiger partial charge in [-0.25, -0.2) is 0 Å². The van der Waals surface area contributed by atoms with Gasteiger partial charge in [0.2, 0.25) is 0 Å². The van der Waals surface area contributed by atoms with Crippen molar-refractivity contribution in [3.05, 3.63) is 34.2 Å². The van der Waals surface area contributed by atoms with Crippen molar-refractivity contribution < 1.29 is 4.79 Å². The van der Waals surface area contributed by atoms with Crippen LogP contribution in [0.25, 0.3) is 0 Å². The minimum atomic E-state index is -0.162. The Bertz CT molecular complexity index is 475. The van der Waals surface area contributed by atoms with Crippen molar-refractivity contribution in [1.29, 1.82) is 0 Å². The van der Waals surface area contributed by atoms with Crippen LogP contribution in [0.15, 0.2) is 23.1 Å². The molecule has 5 heteroatoms. The molecule has 1 aromatic rings. The van der Waals surface area contributed by atoms with Crippen LogP contribution in [-0.2, 0) is 6.54 Å². The van der Waals surface area contributed by atoms with Crippen molar-refractivity contribution >= 4 is 5.91 Å². The summed E-state index contributed by atoms with van der Waals surface area (Å²) in [6, 6.07) is 3.02. The van der Waals surface area contributed by atoms with Crippen LogP contribution in [0.1, 0.15) is 23.2 Å². The third-order valence-electron chi connectivity index (χ3n) is 3.33. The largest absolute Gasteiger partial charge is 0.355 e. The van der Waals surface area contributed by atoms with Crippen molar-refractivity contribution in [3.8, 4) is 0 Å². The molecular formula is C13H19N3O2. The molecule has 0 radical (unpaired) electrons. The highest BCUT2D eigenvalue weighted by atomic mass is 16.1. The predicted molar refractivity (Wildman–Crippen MR) is 69.8 cm³/mol. The van der Waals surface area contributed by atoms with E-state index < -0.39 is 0 Å². The first kappa shape index (κ1) is 12.8. The van der Waals surface area contributed by atoms with Gasteiger partial charge in [-0.2, -0.15) is 0 Å². The summed E-state index contributed by atoms with van der Waals surface area (Å²) < 4.78 is 1.61. The maximum Gasteiger partial charge on any atom is 0.252 e. The van der Waals surface area contributed by atoms with Gasteiger partial charge in [0.25, 0.3) is 11.5 Å². The van der Waals surface area contributed by atoms with Gasteiger partial charge in [0.05, 0.1) is 5.56 Å². The number of carbonyl (C=O) groups excluding carboxylic acids is 1. The van der Waals surface area contributed by atoms with E-state index in [1.165, 1.54) is 18.9 Å². The molecular weight excluding hydrogens is 230 g/mol. The second-order valence-electron chi connectivity index (χ2n) is 4.58. The Morgan fingerprint density at radius 1 is 1.28 bits per heavy atom. The summed E-state index contributed by atoms with van der Waals surface area (Å²) in [7, 11) is 1.59. The molecule has 5 nitrogen and oxygen atoms in total. The zero-order valence-corrected chi connectivity index (χ0v) is 10.7. The minimum absolute atomic E-state index is 0.0538. The molecule has 2 heterocycles. The molecule has 1 aliphatic heterocycles. The number of pyridine rings is 1. The molecule has 1 saturated heterocycles. The van der Waals surface area contributed by atoms with Gasteiger partial charge in [-0.05, 0) is 32.0 Å². The van der Waals surface area contributed by atoms with Crippen molar-refractivity contribution in [1.82, 2.24) is 14.8 Å². The van der Waals surface area contributed by atoms with E-state index >= 15 is 0 Å². The number of nitrogens with zero attached hydrogens (tertiary/aromatic N) is 2. The quantitative estimate of drug-likeness (QED) is 0.835. The molecule has 0 saturated carbocycles. The second kappa shape index (κ2) is 5.82. The molecule has 1 aliphatic rings. The van der Waals surface area contributed by atoms with Crippen LogP contribution in [0.2, 0.25) is 0 Å². The lowest BCUT2D eigenvalue weighted by molar-refractivity contribution is 0.0962. The molecule has 0 aromatic carbocycles. The Labute approximate surface area is 106 Å². The van der Waals surface area contributed by atoms with Crippen molar-refractivity contribution in [3.63, 3.8) is 0 Å². The number of hydrogen-bond donors (Lipinski definition) is 1. The Kier molecular flexibility index (Phi) is 4.15. The van der Waals surface area contributed by atoms with Gasteiger partial charge in [-0.15, -0.1) is 0 Å². The Hall–Kier alpha value is -1.62. The van der Waals surface area contributed by atoms with Gasteiger partial charge < -0.3 is 14.8 Å². The van der Waals surface area contributed by atoms with Gasteiger partial charge in [-0.1, -0.05) is 0 Å². The Morgan fingerprint density at radius 2 is 2.00 bits per heavy atom. The van der Waals surface area contributed by atoms with E-state index in [-0.39, 0.29) is 11.5 Å². The number of likely N-dealkylation sites (tertiary alicyclic amines) is 1. The SMILES string of the molecule is CNC(=O)c1ccc(=O)n(CCN2CCCC2)c1. The Morgan fingerprint density at radius 3 is 2.67 bits per heavy atom. The molecule has 1 amide bonds. The van der Waals surface area contributed by atoms with Gasteiger partial charge in [0, 0.05) is 32.4 Å². The highest BCUT2D eigenvalue weighted by molar-refractivity contribution is 5.93. The zero-order valence-electron chi connectivity index (χ0n) is 10.7. The number of amides is 1. The molecule has 0 bridgehead atoms. The van der Waals surface area contributed by atoms with Crippen LogP contribution in [0.3, 0.4) is 0 Å². The monoisotopic (exact) mass is 249 g/mol. The topological polar surface area (TPSA) is 54.3 Å². The number of carbonyl (C=O) groups is 1. The smallest absolute Gasteiger partial charge is 0.252 e. The van der Waals surface area contributed by atoms with Gasteiger partial charge >= 0.3 is 0 Å². The zero-order chi connectivity index (χ0) is 13.0. The predicted octanol–water partition coefficient (Wildman–Crippen LogP) is 0.304. The summed E-state index contributed by atoms with van der Waals surface area (Å²) in [6.45, 7) is 3.74. The van der Waals surface area contributed by atoms with Gasteiger partial charge in [-0.3, -0.25) is 9.59 Å². The van der Waals surface area contributed by atoms with E-state index in [2.05, 4.69) is 10.2 Å². The maximum atomic E-state index is 11.7. The molecule has 1 N–H and O–H groups in total. The number of rotatable bonds is 4. The third-order valence-corrected chi connectivity index (χ3v) is 3.33. The number of aromatic nitrogens is 1. The van der Waals surface area contributed by atoms with Crippen LogP contribution in [0, 0.1) is 0 Å². The summed E-state index contributed by atoms with van der Waals surface area (Å²) in [4.78, 5) is 25.5. The van der Waals surface area contributed by atoms with Gasteiger partial charge in [0.15, 0.2) is 0 Å². The van der Waals surface area contributed by atoms with E-state index in [1.807, 2.05) is 0 Å². The third kappa shape index (κ3) is 2.98. The molecule has 0 spiro atoms. The lowest BCUT2D eigenvalue weighted by Crippen LogP contribution is -2.30. The average Bonchev–Trinajstić information content (AvgIpc) is 2.90. The van der Waals surface area contributed by atoms with Crippen molar-refractivity contribution in [2.45, 2.75) is 19.4 Å². The summed E-state index contributed by atoms with van der Waals surface area (Å²) in [5.74, 6) is -0.162. The molecule has 1 fully saturated rings. The molecule has 1 aromatic heterocycles.